The number of halogens is 1. The molecule has 0 saturated carbocycles. The highest BCUT2D eigenvalue weighted by atomic mass is 79.9. The predicted molar refractivity (Wildman–Crippen MR) is 83.1 cm³/mol. The van der Waals surface area contributed by atoms with E-state index >= 15 is 0 Å². The van der Waals surface area contributed by atoms with Crippen LogP contribution in [0.1, 0.15) is 38.7 Å². The van der Waals surface area contributed by atoms with Crippen molar-refractivity contribution in [3.05, 3.63) is 34.3 Å². The van der Waals surface area contributed by atoms with Crippen LogP contribution in [0.3, 0.4) is 0 Å². The Bertz CT molecular complexity index is 489. The normalized spacial score (nSPS) is 13.8. The molecule has 1 rings (SSSR count). The average Bonchev–Trinajstić information content (AvgIpc) is 2.35. The second-order valence-corrected chi connectivity index (χ2v) is 6.17. The Morgan fingerprint density at radius 2 is 1.85 bits per heavy atom. The zero-order valence-corrected chi connectivity index (χ0v) is 13.6. The third-order valence-corrected chi connectivity index (χ3v) is 3.94. The van der Waals surface area contributed by atoms with Gasteiger partial charge in [-0.1, -0.05) is 54.9 Å². The first-order valence-corrected chi connectivity index (χ1v) is 7.45. The number of carbonyl (C=O) groups is 2. The summed E-state index contributed by atoms with van der Waals surface area (Å²) < 4.78 is 0.982. The predicted octanol–water partition coefficient (Wildman–Crippen LogP) is 2.57. The maximum atomic E-state index is 12.0. The smallest absolute Gasteiger partial charge is 0.240 e. The van der Waals surface area contributed by atoms with Crippen molar-refractivity contribution >= 4 is 27.7 Å². The summed E-state index contributed by atoms with van der Waals surface area (Å²) in [6.07, 6.45) is 0.319. The van der Waals surface area contributed by atoms with E-state index in [4.69, 9.17) is 5.73 Å². The van der Waals surface area contributed by atoms with Gasteiger partial charge in [0, 0.05) is 10.9 Å². The average molecular weight is 341 g/mol. The van der Waals surface area contributed by atoms with Crippen molar-refractivity contribution in [1.82, 2.24) is 5.32 Å². The molecule has 0 heterocycles. The summed E-state index contributed by atoms with van der Waals surface area (Å²) in [5.41, 5.74) is 6.36. The molecule has 1 aromatic carbocycles. The minimum atomic E-state index is -0.617. The summed E-state index contributed by atoms with van der Waals surface area (Å²) in [5, 5.41) is 2.71. The van der Waals surface area contributed by atoms with E-state index in [0.717, 1.165) is 10.0 Å². The molecule has 0 fully saturated rings. The lowest BCUT2D eigenvalue weighted by Gasteiger charge is -2.20. The van der Waals surface area contributed by atoms with Crippen molar-refractivity contribution in [1.29, 1.82) is 0 Å². The number of rotatable bonds is 6. The largest absolute Gasteiger partial charge is 0.368 e. The van der Waals surface area contributed by atoms with Crippen LogP contribution in [0, 0.1) is 5.92 Å². The van der Waals surface area contributed by atoms with Gasteiger partial charge in [-0.05, 0) is 23.5 Å². The van der Waals surface area contributed by atoms with Gasteiger partial charge in [0.15, 0.2) is 0 Å². The number of carbonyl (C=O) groups excluding carboxylic acids is 2. The standard InChI is InChI=1S/C15H21BrN2O2/c1-9(2)14(15(17)20)18-13(19)8-10(3)11-6-4-5-7-12(11)16/h4-7,9-10,14H,8H2,1-3H3,(H2,17,20)(H,18,19)/t10-,14-/m1/s1. The van der Waals surface area contributed by atoms with E-state index in [9.17, 15) is 9.59 Å². The van der Waals surface area contributed by atoms with Crippen molar-refractivity contribution in [3.63, 3.8) is 0 Å². The van der Waals surface area contributed by atoms with Crippen molar-refractivity contribution in [2.75, 3.05) is 0 Å². The Morgan fingerprint density at radius 1 is 1.25 bits per heavy atom. The fourth-order valence-corrected chi connectivity index (χ4v) is 2.74. The van der Waals surface area contributed by atoms with Crippen LogP contribution in [0.4, 0.5) is 0 Å². The van der Waals surface area contributed by atoms with Crippen LogP contribution in [0.15, 0.2) is 28.7 Å². The molecule has 0 unspecified atom stereocenters. The minimum Gasteiger partial charge on any atom is -0.368 e. The Labute approximate surface area is 128 Å². The number of benzene rings is 1. The second-order valence-electron chi connectivity index (χ2n) is 5.32. The number of hydrogen-bond donors (Lipinski definition) is 2. The molecule has 2 amide bonds. The lowest BCUT2D eigenvalue weighted by Crippen LogP contribution is -2.47. The summed E-state index contributed by atoms with van der Waals surface area (Å²) >= 11 is 3.48. The molecular weight excluding hydrogens is 320 g/mol. The molecule has 0 aliphatic rings. The topological polar surface area (TPSA) is 72.2 Å². The van der Waals surface area contributed by atoms with E-state index < -0.39 is 11.9 Å². The van der Waals surface area contributed by atoms with Crippen molar-refractivity contribution in [3.8, 4) is 0 Å². The van der Waals surface area contributed by atoms with E-state index in [2.05, 4.69) is 21.2 Å². The number of nitrogens with one attached hydrogen (secondary N) is 1. The summed E-state index contributed by atoms with van der Waals surface area (Å²) in [4.78, 5) is 23.3. The van der Waals surface area contributed by atoms with E-state index in [1.54, 1.807) is 0 Å². The quantitative estimate of drug-likeness (QED) is 0.835. The summed E-state index contributed by atoms with van der Waals surface area (Å²) in [6.45, 7) is 5.69. The summed E-state index contributed by atoms with van der Waals surface area (Å²) in [6, 6.07) is 7.19. The molecule has 0 saturated heterocycles. The molecule has 110 valence electrons. The Morgan fingerprint density at radius 3 is 2.35 bits per heavy atom. The summed E-state index contributed by atoms with van der Waals surface area (Å²) in [5.74, 6) is -0.617. The fraction of sp³-hybridized carbons (Fsp3) is 0.467. The van der Waals surface area contributed by atoms with Gasteiger partial charge in [0.05, 0.1) is 0 Å². The van der Waals surface area contributed by atoms with Gasteiger partial charge < -0.3 is 11.1 Å². The Kier molecular flexibility index (Phi) is 6.20. The van der Waals surface area contributed by atoms with Crippen LogP contribution in [0.5, 0.6) is 0 Å². The van der Waals surface area contributed by atoms with Crippen LogP contribution < -0.4 is 11.1 Å². The van der Waals surface area contributed by atoms with Crippen LogP contribution in [-0.4, -0.2) is 17.9 Å². The van der Waals surface area contributed by atoms with Crippen LogP contribution in [-0.2, 0) is 9.59 Å². The van der Waals surface area contributed by atoms with Crippen LogP contribution in [0.25, 0.3) is 0 Å². The molecule has 0 spiro atoms. The van der Waals surface area contributed by atoms with Gasteiger partial charge in [-0.25, -0.2) is 0 Å². The van der Waals surface area contributed by atoms with Gasteiger partial charge in [-0.15, -0.1) is 0 Å². The van der Waals surface area contributed by atoms with Crippen LogP contribution in [0.2, 0.25) is 0 Å². The van der Waals surface area contributed by atoms with E-state index in [1.807, 2.05) is 45.0 Å². The number of amides is 2. The molecular formula is C15H21BrN2O2. The SMILES string of the molecule is CC(C)[C@@H](NC(=O)C[C@@H](C)c1ccccc1Br)C(N)=O. The molecule has 1 aromatic rings. The van der Waals surface area contributed by atoms with Gasteiger partial charge in [-0.2, -0.15) is 0 Å². The maximum Gasteiger partial charge on any atom is 0.240 e. The van der Waals surface area contributed by atoms with E-state index in [0.29, 0.717) is 6.42 Å². The number of hydrogen-bond acceptors (Lipinski definition) is 2. The van der Waals surface area contributed by atoms with Crippen molar-refractivity contribution < 1.29 is 9.59 Å². The minimum absolute atomic E-state index is 0.0183. The van der Waals surface area contributed by atoms with Gasteiger partial charge >= 0.3 is 0 Å². The van der Waals surface area contributed by atoms with Gasteiger partial charge in [0.2, 0.25) is 11.8 Å². The Balaban J connectivity index is 2.67. The van der Waals surface area contributed by atoms with Crippen molar-refractivity contribution in [2.45, 2.75) is 39.2 Å². The number of nitrogens with two attached hydrogens (primary N) is 1. The third kappa shape index (κ3) is 4.63. The molecule has 5 heteroatoms. The molecule has 20 heavy (non-hydrogen) atoms. The molecule has 4 nitrogen and oxygen atoms in total. The number of primary amides is 1. The molecule has 0 aliphatic carbocycles. The lowest BCUT2D eigenvalue weighted by atomic mass is 9.96. The van der Waals surface area contributed by atoms with Crippen molar-refractivity contribution in [2.24, 2.45) is 11.7 Å². The third-order valence-electron chi connectivity index (χ3n) is 3.22. The molecule has 0 bridgehead atoms. The fourth-order valence-electron chi connectivity index (χ4n) is 2.06. The zero-order valence-electron chi connectivity index (χ0n) is 12.0. The first-order valence-electron chi connectivity index (χ1n) is 6.66. The first-order chi connectivity index (χ1) is 9.32. The molecule has 0 aliphatic heterocycles. The van der Waals surface area contributed by atoms with Gasteiger partial charge in [0.1, 0.15) is 6.04 Å². The van der Waals surface area contributed by atoms with Crippen LogP contribution >= 0.6 is 15.9 Å². The Hall–Kier alpha value is -1.36. The first kappa shape index (κ1) is 16.7. The van der Waals surface area contributed by atoms with E-state index in [1.165, 1.54) is 0 Å². The molecule has 0 aromatic heterocycles. The highest BCUT2D eigenvalue weighted by Crippen LogP contribution is 2.26. The second kappa shape index (κ2) is 7.43. The zero-order chi connectivity index (χ0) is 15.3. The molecule has 3 N–H and O–H groups in total. The monoisotopic (exact) mass is 340 g/mol. The highest BCUT2D eigenvalue weighted by molar-refractivity contribution is 9.10. The lowest BCUT2D eigenvalue weighted by molar-refractivity contribution is -0.128. The van der Waals surface area contributed by atoms with Gasteiger partial charge in [-0.3, -0.25) is 9.59 Å². The molecule has 0 radical (unpaired) electrons. The highest BCUT2D eigenvalue weighted by Gasteiger charge is 2.23. The van der Waals surface area contributed by atoms with Gasteiger partial charge in [0.25, 0.3) is 0 Å². The maximum absolute atomic E-state index is 12.0. The van der Waals surface area contributed by atoms with E-state index in [-0.39, 0.29) is 17.7 Å². The molecule has 2 atom stereocenters. The summed E-state index contributed by atoms with van der Waals surface area (Å²) in [7, 11) is 0.